The number of hydrogen-bond acceptors (Lipinski definition) is 8. The third kappa shape index (κ3) is 6.04. The number of esters is 2. The summed E-state index contributed by atoms with van der Waals surface area (Å²) in [5, 5.41) is 11.0. The summed E-state index contributed by atoms with van der Waals surface area (Å²) in [5.74, 6) is -2.63. The van der Waals surface area contributed by atoms with Crippen molar-refractivity contribution in [2.75, 3.05) is 18.1 Å². The van der Waals surface area contributed by atoms with E-state index >= 15 is 0 Å². The number of ether oxygens (including phenoxy) is 2. The van der Waals surface area contributed by atoms with Gasteiger partial charge in [0.1, 0.15) is 5.75 Å². The molecular weight excluding hydrogens is 480 g/mol. The summed E-state index contributed by atoms with van der Waals surface area (Å²) >= 11 is 0. The van der Waals surface area contributed by atoms with E-state index in [1.807, 2.05) is 6.92 Å². The molecule has 0 saturated carbocycles. The van der Waals surface area contributed by atoms with Gasteiger partial charge in [0.2, 0.25) is 5.91 Å². The lowest BCUT2D eigenvalue weighted by Crippen LogP contribution is -2.27. The SMILES string of the molecule is Cc1ccc(C(=O)Oc2ccc(C(=O)COC(=O)[C@H]3CC(=O)N(c4cccc([N+](=O)[O-])c4)C3)cc2)cc1. The molecule has 1 aliphatic rings. The largest absolute Gasteiger partial charge is 0.457 e. The van der Waals surface area contributed by atoms with Gasteiger partial charge in [-0.15, -0.1) is 0 Å². The molecule has 1 aliphatic heterocycles. The highest BCUT2D eigenvalue weighted by molar-refractivity contribution is 6.01. The second-order valence-corrected chi connectivity index (χ2v) is 8.49. The van der Waals surface area contributed by atoms with Crippen LogP contribution in [-0.4, -0.2) is 41.7 Å². The van der Waals surface area contributed by atoms with Crippen LogP contribution in [0.3, 0.4) is 0 Å². The fourth-order valence-corrected chi connectivity index (χ4v) is 3.79. The molecule has 1 heterocycles. The third-order valence-corrected chi connectivity index (χ3v) is 5.83. The Morgan fingerprint density at radius 1 is 1.00 bits per heavy atom. The molecule has 10 heteroatoms. The number of benzene rings is 3. The van der Waals surface area contributed by atoms with Crippen LogP contribution in [0.2, 0.25) is 0 Å². The zero-order valence-corrected chi connectivity index (χ0v) is 19.8. The Bertz CT molecular complexity index is 1370. The monoisotopic (exact) mass is 502 g/mol. The topological polar surface area (TPSA) is 133 Å². The lowest BCUT2D eigenvalue weighted by atomic mass is 10.1. The van der Waals surface area contributed by atoms with Gasteiger partial charge in [-0.2, -0.15) is 0 Å². The van der Waals surface area contributed by atoms with Crippen molar-refractivity contribution < 1.29 is 33.6 Å². The number of nitro benzene ring substituents is 1. The highest BCUT2D eigenvalue weighted by atomic mass is 16.6. The first-order valence-corrected chi connectivity index (χ1v) is 11.3. The summed E-state index contributed by atoms with van der Waals surface area (Å²) in [6.07, 6.45) is -0.128. The average Bonchev–Trinajstić information content (AvgIpc) is 3.29. The Morgan fingerprint density at radius 3 is 2.35 bits per heavy atom. The number of nitro groups is 1. The van der Waals surface area contributed by atoms with Crippen LogP contribution in [0.5, 0.6) is 5.75 Å². The third-order valence-electron chi connectivity index (χ3n) is 5.83. The predicted molar refractivity (Wildman–Crippen MR) is 131 cm³/mol. The maximum absolute atomic E-state index is 12.5. The number of rotatable bonds is 8. The van der Waals surface area contributed by atoms with E-state index in [0.717, 1.165) is 5.56 Å². The fraction of sp³-hybridized carbons (Fsp3) is 0.185. The van der Waals surface area contributed by atoms with Gasteiger partial charge in [0, 0.05) is 30.7 Å². The summed E-state index contributed by atoms with van der Waals surface area (Å²) in [5.41, 5.74) is 1.81. The van der Waals surface area contributed by atoms with Gasteiger partial charge in [0.15, 0.2) is 12.4 Å². The van der Waals surface area contributed by atoms with Crippen molar-refractivity contribution in [1.29, 1.82) is 0 Å². The number of non-ortho nitro benzene ring substituents is 1. The molecule has 1 amide bonds. The van der Waals surface area contributed by atoms with Crippen LogP contribution in [-0.2, 0) is 14.3 Å². The van der Waals surface area contributed by atoms with Crippen molar-refractivity contribution in [3.05, 3.63) is 99.6 Å². The number of ketones is 1. The zero-order chi connectivity index (χ0) is 26.5. The second-order valence-electron chi connectivity index (χ2n) is 8.49. The molecule has 0 aromatic heterocycles. The summed E-state index contributed by atoms with van der Waals surface area (Å²) in [6.45, 7) is 1.38. The molecule has 10 nitrogen and oxygen atoms in total. The van der Waals surface area contributed by atoms with Gasteiger partial charge < -0.3 is 14.4 Å². The first-order valence-electron chi connectivity index (χ1n) is 11.3. The van der Waals surface area contributed by atoms with Crippen LogP contribution in [0.4, 0.5) is 11.4 Å². The van der Waals surface area contributed by atoms with E-state index in [9.17, 15) is 29.3 Å². The molecule has 1 saturated heterocycles. The van der Waals surface area contributed by atoms with Crippen molar-refractivity contribution in [2.45, 2.75) is 13.3 Å². The van der Waals surface area contributed by atoms with E-state index < -0.39 is 35.2 Å². The average molecular weight is 502 g/mol. The van der Waals surface area contributed by atoms with Gasteiger partial charge in [-0.25, -0.2) is 4.79 Å². The molecule has 0 bridgehead atoms. The number of carbonyl (C=O) groups is 4. The molecule has 0 radical (unpaired) electrons. The van der Waals surface area contributed by atoms with Crippen molar-refractivity contribution in [1.82, 2.24) is 0 Å². The molecule has 0 N–H and O–H groups in total. The normalized spacial score (nSPS) is 14.8. The molecule has 1 atom stereocenters. The van der Waals surface area contributed by atoms with Crippen molar-refractivity contribution >= 4 is 35.0 Å². The molecule has 3 aromatic rings. The van der Waals surface area contributed by atoms with Gasteiger partial charge >= 0.3 is 11.9 Å². The van der Waals surface area contributed by atoms with Gasteiger partial charge in [0.25, 0.3) is 5.69 Å². The summed E-state index contributed by atoms with van der Waals surface area (Å²) in [6, 6.07) is 18.3. The molecule has 4 rings (SSSR count). The van der Waals surface area contributed by atoms with Gasteiger partial charge in [-0.1, -0.05) is 23.8 Å². The minimum Gasteiger partial charge on any atom is -0.457 e. The molecule has 37 heavy (non-hydrogen) atoms. The van der Waals surface area contributed by atoms with Gasteiger partial charge in [-0.05, 0) is 49.4 Å². The van der Waals surface area contributed by atoms with Crippen LogP contribution in [0.15, 0.2) is 72.8 Å². The quantitative estimate of drug-likeness (QED) is 0.149. The summed E-state index contributed by atoms with van der Waals surface area (Å²) in [4.78, 5) is 61.3. The molecule has 0 aliphatic carbocycles. The van der Waals surface area contributed by atoms with Crippen LogP contribution >= 0.6 is 0 Å². The van der Waals surface area contributed by atoms with Gasteiger partial charge in [0.05, 0.1) is 22.1 Å². The Kier molecular flexibility index (Phi) is 7.38. The number of anilines is 1. The Labute approximate surface area is 211 Å². The lowest BCUT2D eigenvalue weighted by Gasteiger charge is -2.16. The van der Waals surface area contributed by atoms with Crippen LogP contribution in [0.25, 0.3) is 0 Å². The van der Waals surface area contributed by atoms with Gasteiger partial charge in [-0.3, -0.25) is 24.5 Å². The van der Waals surface area contributed by atoms with Crippen LogP contribution < -0.4 is 9.64 Å². The smallest absolute Gasteiger partial charge is 0.343 e. The van der Waals surface area contributed by atoms with E-state index in [-0.39, 0.29) is 35.9 Å². The van der Waals surface area contributed by atoms with Crippen molar-refractivity contribution in [3.63, 3.8) is 0 Å². The highest BCUT2D eigenvalue weighted by Gasteiger charge is 2.36. The van der Waals surface area contributed by atoms with E-state index in [2.05, 4.69) is 0 Å². The molecule has 0 unspecified atom stereocenters. The first kappa shape index (κ1) is 25.2. The lowest BCUT2D eigenvalue weighted by molar-refractivity contribution is -0.384. The van der Waals surface area contributed by atoms with Crippen molar-refractivity contribution in [2.24, 2.45) is 5.92 Å². The molecular formula is C27H22N2O8. The molecule has 188 valence electrons. The number of amides is 1. The van der Waals surface area contributed by atoms with Crippen LogP contribution in [0.1, 0.15) is 32.7 Å². The van der Waals surface area contributed by atoms with E-state index in [4.69, 9.17) is 9.47 Å². The fourth-order valence-electron chi connectivity index (χ4n) is 3.79. The number of aryl methyl sites for hydroxylation is 1. The minimum atomic E-state index is -0.803. The van der Waals surface area contributed by atoms with Crippen molar-refractivity contribution in [3.8, 4) is 5.75 Å². The Balaban J connectivity index is 1.30. The highest BCUT2D eigenvalue weighted by Crippen LogP contribution is 2.28. The standard InChI is InChI=1S/C27H22N2O8/c1-17-5-7-19(8-6-17)27(33)37-23-11-9-18(10-12-23)24(30)16-36-26(32)20-13-25(31)28(15-20)21-3-2-4-22(14-21)29(34)35/h2-12,14,20H,13,15-16H2,1H3/t20-/m0/s1. The number of Topliss-reactive ketones (excluding diaryl/α,β-unsaturated/α-hetero) is 1. The maximum Gasteiger partial charge on any atom is 0.343 e. The predicted octanol–water partition coefficient (Wildman–Crippen LogP) is 3.90. The molecule has 3 aromatic carbocycles. The number of carbonyl (C=O) groups excluding carboxylic acids is 4. The van der Waals surface area contributed by atoms with Crippen LogP contribution in [0, 0.1) is 23.0 Å². The number of hydrogen-bond donors (Lipinski definition) is 0. The molecule has 0 spiro atoms. The van der Waals surface area contributed by atoms with E-state index in [0.29, 0.717) is 11.3 Å². The summed E-state index contributed by atoms with van der Waals surface area (Å²) < 4.78 is 10.4. The molecule has 1 fully saturated rings. The Hall–Kier alpha value is -4.86. The van der Waals surface area contributed by atoms with E-state index in [1.54, 1.807) is 30.3 Å². The zero-order valence-electron chi connectivity index (χ0n) is 19.8. The number of nitrogens with zero attached hydrogens (tertiary/aromatic N) is 2. The second kappa shape index (κ2) is 10.8. The van der Waals surface area contributed by atoms with E-state index in [1.165, 1.54) is 47.4 Å². The summed E-state index contributed by atoms with van der Waals surface area (Å²) in [7, 11) is 0. The minimum absolute atomic E-state index is 0.00588. The first-order chi connectivity index (χ1) is 17.7. The maximum atomic E-state index is 12.5. The Morgan fingerprint density at radius 2 is 1.68 bits per heavy atom.